The molecule has 1 aromatic rings. The minimum absolute atomic E-state index is 0. The van der Waals surface area contributed by atoms with Crippen LogP contribution in [0.15, 0.2) is 12.1 Å². The molecule has 0 aromatic heterocycles. The van der Waals surface area contributed by atoms with Gasteiger partial charge in [0, 0.05) is 37.8 Å². The van der Waals surface area contributed by atoms with Crippen LogP contribution in [0.3, 0.4) is 0 Å². The molecule has 1 fully saturated rings. The molecule has 0 bridgehead atoms. The van der Waals surface area contributed by atoms with Gasteiger partial charge in [0.25, 0.3) is 0 Å². The third-order valence-corrected chi connectivity index (χ3v) is 3.92. The Hall–Kier alpha value is -0.910. The van der Waals surface area contributed by atoms with Crippen LogP contribution in [0.2, 0.25) is 0 Å². The van der Waals surface area contributed by atoms with Gasteiger partial charge >= 0.3 is 0 Å². The van der Waals surface area contributed by atoms with Gasteiger partial charge in [-0.2, -0.15) is 0 Å². The summed E-state index contributed by atoms with van der Waals surface area (Å²) in [5, 5.41) is 3.27. The second-order valence-corrected chi connectivity index (χ2v) is 6.53. The second kappa shape index (κ2) is 7.57. The summed E-state index contributed by atoms with van der Waals surface area (Å²) in [6.07, 6.45) is 0. The zero-order valence-electron chi connectivity index (χ0n) is 13.6. The van der Waals surface area contributed by atoms with Crippen LogP contribution in [-0.4, -0.2) is 38.2 Å². The van der Waals surface area contributed by atoms with E-state index in [9.17, 15) is 8.78 Å². The van der Waals surface area contributed by atoms with Crippen molar-refractivity contribution >= 4 is 12.4 Å². The van der Waals surface area contributed by atoms with Crippen LogP contribution in [0, 0.1) is 17.0 Å². The molecule has 0 radical (unpaired) electrons. The van der Waals surface area contributed by atoms with Crippen molar-refractivity contribution in [2.75, 3.05) is 33.3 Å². The van der Waals surface area contributed by atoms with Gasteiger partial charge in [-0.1, -0.05) is 20.8 Å². The van der Waals surface area contributed by atoms with Crippen molar-refractivity contribution in [1.82, 2.24) is 10.2 Å². The maximum atomic E-state index is 14.7. The van der Waals surface area contributed by atoms with E-state index >= 15 is 0 Å². The average molecular weight is 335 g/mol. The summed E-state index contributed by atoms with van der Waals surface area (Å²) in [5.41, 5.74) is -0.172. The minimum atomic E-state index is -0.587. The highest BCUT2D eigenvalue weighted by molar-refractivity contribution is 5.85. The third kappa shape index (κ3) is 3.89. The molecular formula is C16H25ClF2N2O. The lowest BCUT2D eigenvalue weighted by Crippen LogP contribution is -2.48. The van der Waals surface area contributed by atoms with Crippen molar-refractivity contribution in [3.8, 4) is 5.75 Å². The third-order valence-electron chi connectivity index (χ3n) is 3.92. The number of hydrogen-bond acceptors (Lipinski definition) is 3. The molecule has 22 heavy (non-hydrogen) atoms. The number of piperazine rings is 1. The first-order valence-corrected chi connectivity index (χ1v) is 7.33. The molecule has 1 atom stereocenters. The smallest absolute Gasteiger partial charge is 0.172 e. The van der Waals surface area contributed by atoms with E-state index in [0.29, 0.717) is 0 Å². The normalized spacial score (nSPS) is 17.7. The van der Waals surface area contributed by atoms with Crippen molar-refractivity contribution in [2.45, 2.75) is 26.8 Å². The molecule has 3 nitrogen and oxygen atoms in total. The van der Waals surface area contributed by atoms with Crippen molar-refractivity contribution in [3.63, 3.8) is 0 Å². The Bertz CT molecular complexity index is 500. The molecule has 2 rings (SSSR count). The quantitative estimate of drug-likeness (QED) is 0.917. The summed E-state index contributed by atoms with van der Waals surface area (Å²) < 4.78 is 34.0. The second-order valence-electron chi connectivity index (χ2n) is 6.53. The highest BCUT2D eigenvalue weighted by Gasteiger charge is 2.37. The highest BCUT2D eigenvalue weighted by atomic mass is 35.5. The van der Waals surface area contributed by atoms with E-state index in [1.54, 1.807) is 0 Å². The minimum Gasteiger partial charge on any atom is -0.494 e. The van der Waals surface area contributed by atoms with Crippen molar-refractivity contribution in [1.29, 1.82) is 0 Å². The van der Waals surface area contributed by atoms with Crippen LogP contribution >= 0.6 is 12.4 Å². The van der Waals surface area contributed by atoms with Gasteiger partial charge in [-0.05, 0) is 17.5 Å². The van der Waals surface area contributed by atoms with Gasteiger partial charge in [-0.25, -0.2) is 8.78 Å². The first-order valence-electron chi connectivity index (χ1n) is 7.33. The van der Waals surface area contributed by atoms with Gasteiger partial charge in [0.1, 0.15) is 5.82 Å². The van der Waals surface area contributed by atoms with Crippen LogP contribution in [0.25, 0.3) is 0 Å². The molecule has 1 aromatic carbocycles. The van der Waals surface area contributed by atoms with Crippen molar-refractivity contribution < 1.29 is 13.5 Å². The Morgan fingerprint density at radius 2 is 1.77 bits per heavy atom. The Morgan fingerprint density at radius 1 is 1.18 bits per heavy atom. The van der Waals surface area contributed by atoms with Crippen LogP contribution in [0.5, 0.6) is 5.75 Å². The molecule has 1 aliphatic rings. The maximum Gasteiger partial charge on any atom is 0.172 e. The fourth-order valence-electron chi connectivity index (χ4n) is 3.06. The number of rotatable bonds is 3. The monoisotopic (exact) mass is 334 g/mol. The standard InChI is InChI=1S/C16H24F2N2O.ClH/c1-16(2,3)15(20-9-7-19-8-10-20)13-11(17)5-6-12(21-4)14(13)18;/h5-6,15,19H,7-10H2,1-4H3;1H/t15-;/m1./s1. The molecule has 1 aliphatic heterocycles. The van der Waals surface area contributed by atoms with Gasteiger partial charge in [-0.3, -0.25) is 4.90 Å². The fourth-order valence-corrected chi connectivity index (χ4v) is 3.06. The van der Waals surface area contributed by atoms with E-state index < -0.39 is 11.6 Å². The molecule has 1 saturated heterocycles. The van der Waals surface area contributed by atoms with Crippen molar-refractivity contribution in [2.24, 2.45) is 5.41 Å². The van der Waals surface area contributed by atoms with E-state index in [-0.39, 0.29) is 35.2 Å². The lowest BCUT2D eigenvalue weighted by atomic mass is 9.80. The van der Waals surface area contributed by atoms with E-state index in [1.165, 1.54) is 19.2 Å². The van der Waals surface area contributed by atoms with E-state index in [4.69, 9.17) is 4.74 Å². The van der Waals surface area contributed by atoms with Gasteiger partial charge in [0.05, 0.1) is 7.11 Å². The SMILES string of the molecule is COc1ccc(F)c([C@@H](N2CCNCC2)C(C)(C)C)c1F.Cl. The summed E-state index contributed by atoms with van der Waals surface area (Å²) in [5.74, 6) is -1.00. The molecule has 0 aliphatic carbocycles. The number of nitrogens with one attached hydrogen (secondary N) is 1. The number of ether oxygens (including phenoxy) is 1. The number of nitrogens with zero attached hydrogens (tertiary/aromatic N) is 1. The Labute approximate surface area is 137 Å². The van der Waals surface area contributed by atoms with Crippen LogP contribution in [-0.2, 0) is 0 Å². The molecular weight excluding hydrogens is 310 g/mol. The van der Waals surface area contributed by atoms with E-state index in [2.05, 4.69) is 10.2 Å². The average Bonchev–Trinajstić information content (AvgIpc) is 2.43. The first kappa shape index (κ1) is 19.1. The largest absolute Gasteiger partial charge is 0.494 e. The summed E-state index contributed by atoms with van der Waals surface area (Å²) in [4.78, 5) is 2.15. The Kier molecular flexibility index (Phi) is 6.59. The number of hydrogen-bond donors (Lipinski definition) is 1. The predicted molar refractivity (Wildman–Crippen MR) is 86.8 cm³/mol. The topological polar surface area (TPSA) is 24.5 Å². The van der Waals surface area contributed by atoms with Gasteiger partial charge < -0.3 is 10.1 Å². The number of benzene rings is 1. The molecule has 126 valence electrons. The number of methoxy groups -OCH3 is 1. The van der Waals surface area contributed by atoms with Gasteiger partial charge in [0.2, 0.25) is 0 Å². The molecule has 0 spiro atoms. The van der Waals surface area contributed by atoms with Crippen LogP contribution < -0.4 is 10.1 Å². The summed E-state index contributed by atoms with van der Waals surface area (Å²) >= 11 is 0. The molecule has 0 unspecified atom stereocenters. The summed E-state index contributed by atoms with van der Waals surface area (Å²) in [6.45, 7) is 9.25. The Balaban J connectivity index is 0.00000242. The summed E-state index contributed by atoms with van der Waals surface area (Å²) in [7, 11) is 1.40. The van der Waals surface area contributed by atoms with E-state index in [0.717, 1.165) is 26.2 Å². The lowest BCUT2D eigenvalue weighted by Gasteiger charge is -2.42. The molecule has 1 N–H and O–H groups in total. The highest BCUT2D eigenvalue weighted by Crippen LogP contribution is 2.42. The number of halogens is 3. The van der Waals surface area contributed by atoms with Crippen molar-refractivity contribution in [3.05, 3.63) is 29.3 Å². The van der Waals surface area contributed by atoms with Gasteiger partial charge in [-0.15, -0.1) is 12.4 Å². The first-order chi connectivity index (χ1) is 9.86. The maximum absolute atomic E-state index is 14.7. The zero-order chi connectivity index (χ0) is 15.6. The van der Waals surface area contributed by atoms with E-state index in [1.807, 2.05) is 20.8 Å². The lowest BCUT2D eigenvalue weighted by molar-refractivity contribution is 0.0800. The Morgan fingerprint density at radius 3 is 2.27 bits per heavy atom. The predicted octanol–water partition coefficient (Wildman–Crippen LogP) is 3.39. The van der Waals surface area contributed by atoms with Crippen LogP contribution in [0.4, 0.5) is 8.78 Å². The fraction of sp³-hybridized carbons (Fsp3) is 0.625. The molecule has 1 heterocycles. The molecule has 0 saturated carbocycles. The molecule has 6 heteroatoms. The zero-order valence-corrected chi connectivity index (χ0v) is 14.4. The van der Waals surface area contributed by atoms with Gasteiger partial charge in [0.15, 0.2) is 11.6 Å². The van der Waals surface area contributed by atoms with Crippen LogP contribution in [0.1, 0.15) is 32.4 Å². The molecule has 0 amide bonds. The summed E-state index contributed by atoms with van der Waals surface area (Å²) in [6, 6.07) is 2.30.